The Labute approximate surface area is 127 Å². The van der Waals surface area contributed by atoms with Crippen molar-refractivity contribution in [3.63, 3.8) is 0 Å². The SMILES string of the molecule is CCC1CCC(n2c(=S)[nH]c3cc(Br)ccc32)C1C. The highest BCUT2D eigenvalue weighted by atomic mass is 79.9. The monoisotopic (exact) mass is 338 g/mol. The Morgan fingerprint density at radius 1 is 1.42 bits per heavy atom. The van der Waals surface area contributed by atoms with Crippen LogP contribution in [0, 0.1) is 16.6 Å². The molecule has 1 aliphatic carbocycles. The molecule has 1 aliphatic rings. The van der Waals surface area contributed by atoms with Crippen LogP contribution < -0.4 is 0 Å². The van der Waals surface area contributed by atoms with Crippen LogP contribution in [0.5, 0.6) is 0 Å². The molecule has 1 fully saturated rings. The molecule has 19 heavy (non-hydrogen) atoms. The zero-order chi connectivity index (χ0) is 13.6. The zero-order valence-corrected chi connectivity index (χ0v) is 13.7. The van der Waals surface area contributed by atoms with Crippen LogP contribution >= 0.6 is 28.1 Å². The maximum Gasteiger partial charge on any atom is 0.178 e. The van der Waals surface area contributed by atoms with Gasteiger partial charge in [-0.25, -0.2) is 0 Å². The highest BCUT2D eigenvalue weighted by Gasteiger charge is 2.33. The van der Waals surface area contributed by atoms with Crippen molar-refractivity contribution in [3.05, 3.63) is 27.4 Å². The van der Waals surface area contributed by atoms with Crippen LogP contribution in [0.1, 0.15) is 39.2 Å². The Hall–Kier alpha value is -0.610. The number of halogens is 1. The van der Waals surface area contributed by atoms with Crippen molar-refractivity contribution in [2.75, 3.05) is 0 Å². The second kappa shape index (κ2) is 5.06. The molecule has 0 radical (unpaired) electrons. The lowest BCUT2D eigenvalue weighted by atomic mass is 9.93. The van der Waals surface area contributed by atoms with Gasteiger partial charge in [-0.2, -0.15) is 0 Å². The number of benzene rings is 1. The molecular weight excluding hydrogens is 320 g/mol. The minimum Gasteiger partial charge on any atom is -0.331 e. The molecule has 0 amide bonds. The minimum atomic E-state index is 0.548. The third-order valence-electron chi connectivity index (χ3n) is 4.72. The summed E-state index contributed by atoms with van der Waals surface area (Å²) in [6, 6.07) is 6.92. The minimum absolute atomic E-state index is 0.548. The van der Waals surface area contributed by atoms with Crippen LogP contribution in [0.2, 0.25) is 0 Å². The first-order valence-electron chi connectivity index (χ1n) is 7.01. The summed E-state index contributed by atoms with van der Waals surface area (Å²) < 4.78 is 4.30. The lowest BCUT2D eigenvalue weighted by molar-refractivity contribution is 0.332. The third kappa shape index (κ3) is 2.19. The highest BCUT2D eigenvalue weighted by Crippen LogP contribution is 2.43. The molecule has 1 N–H and O–H groups in total. The van der Waals surface area contributed by atoms with Gasteiger partial charge in [-0.1, -0.05) is 36.2 Å². The fourth-order valence-electron chi connectivity index (χ4n) is 3.60. The van der Waals surface area contributed by atoms with Gasteiger partial charge < -0.3 is 9.55 Å². The second-order valence-electron chi connectivity index (χ2n) is 5.63. The summed E-state index contributed by atoms with van der Waals surface area (Å²) in [5, 5.41) is 0. The van der Waals surface area contributed by atoms with E-state index in [1.54, 1.807) is 0 Å². The largest absolute Gasteiger partial charge is 0.331 e. The van der Waals surface area contributed by atoms with Crippen LogP contribution in [0.25, 0.3) is 11.0 Å². The molecule has 3 atom stereocenters. The van der Waals surface area contributed by atoms with Crippen LogP contribution in [-0.2, 0) is 0 Å². The molecule has 0 spiro atoms. The lowest BCUT2D eigenvalue weighted by Gasteiger charge is -2.21. The molecule has 3 rings (SSSR count). The van der Waals surface area contributed by atoms with E-state index in [1.807, 2.05) is 0 Å². The molecule has 1 saturated carbocycles. The molecule has 1 aromatic heterocycles. The number of nitrogens with one attached hydrogen (secondary N) is 1. The fourth-order valence-corrected chi connectivity index (χ4v) is 4.30. The van der Waals surface area contributed by atoms with E-state index in [2.05, 4.69) is 57.5 Å². The Morgan fingerprint density at radius 2 is 2.21 bits per heavy atom. The molecule has 2 aromatic rings. The van der Waals surface area contributed by atoms with Crippen LogP contribution in [0.4, 0.5) is 0 Å². The number of imidazole rings is 1. The number of aromatic nitrogens is 2. The molecule has 0 aliphatic heterocycles. The van der Waals surface area contributed by atoms with Gasteiger partial charge in [-0.05, 0) is 55.1 Å². The Kier molecular flexibility index (Phi) is 3.56. The van der Waals surface area contributed by atoms with Crippen molar-refractivity contribution in [1.82, 2.24) is 9.55 Å². The van der Waals surface area contributed by atoms with Crippen molar-refractivity contribution < 1.29 is 0 Å². The predicted octanol–water partition coefficient (Wildman–Crippen LogP) is 5.46. The Bertz CT molecular complexity index is 658. The first-order chi connectivity index (χ1) is 9.11. The third-order valence-corrected chi connectivity index (χ3v) is 5.51. The van der Waals surface area contributed by atoms with E-state index in [0.29, 0.717) is 12.0 Å². The fraction of sp³-hybridized carbons (Fsp3) is 0.533. The van der Waals surface area contributed by atoms with E-state index in [-0.39, 0.29) is 0 Å². The quantitative estimate of drug-likeness (QED) is 0.721. The molecule has 0 bridgehead atoms. The van der Waals surface area contributed by atoms with Gasteiger partial charge in [0.05, 0.1) is 11.0 Å². The van der Waals surface area contributed by atoms with Gasteiger partial charge >= 0.3 is 0 Å². The lowest BCUT2D eigenvalue weighted by Crippen LogP contribution is -2.15. The van der Waals surface area contributed by atoms with Gasteiger partial charge in [0.25, 0.3) is 0 Å². The van der Waals surface area contributed by atoms with Gasteiger partial charge in [0.2, 0.25) is 0 Å². The van der Waals surface area contributed by atoms with Gasteiger partial charge in [0.15, 0.2) is 4.77 Å². The van der Waals surface area contributed by atoms with Crippen molar-refractivity contribution in [2.45, 2.75) is 39.2 Å². The first kappa shape index (κ1) is 13.4. The number of aromatic amines is 1. The average Bonchev–Trinajstić information content (AvgIpc) is 2.88. The summed E-state index contributed by atoms with van der Waals surface area (Å²) in [7, 11) is 0. The molecular formula is C15H19BrN2S. The average molecular weight is 339 g/mol. The highest BCUT2D eigenvalue weighted by molar-refractivity contribution is 9.10. The number of fused-ring (bicyclic) bond motifs is 1. The standard InChI is InChI=1S/C15H19BrN2S/c1-3-10-4-6-13(9(10)2)18-14-7-5-11(16)8-12(14)17-15(18)19/h5,7-10,13H,3-4,6H2,1-2H3,(H,17,19). The van der Waals surface area contributed by atoms with Crippen LogP contribution in [0.15, 0.2) is 22.7 Å². The molecule has 4 heteroatoms. The maximum atomic E-state index is 5.55. The summed E-state index contributed by atoms with van der Waals surface area (Å²) in [4.78, 5) is 3.35. The van der Waals surface area contributed by atoms with Crippen LogP contribution in [0.3, 0.4) is 0 Å². The Balaban J connectivity index is 2.11. The molecule has 3 unspecified atom stereocenters. The van der Waals surface area contributed by atoms with Crippen molar-refractivity contribution in [3.8, 4) is 0 Å². The zero-order valence-electron chi connectivity index (χ0n) is 11.3. The van der Waals surface area contributed by atoms with Gasteiger partial charge in [-0.3, -0.25) is 0 Å². The number of nitrogens with zero attached hydrogens (tertiary/aromatic N) is 1. The second-order valence-corrected chi connectivity index (χ2v) is 6.94. The topological polar surface area (TPSA) is 20.7 Å². The number of hydrogen-bond acceptors (Lipinski definition) is 1. The molecule has 102 valence electrons. The maximum absolute atomic E-state index is 5.55. The number of hydrogen-bond donors (Lipinski definition) is 1. The van der Waals surface area contributed by atoms with E-state index in [9.17, 15) is 0 Å². The summed E-state index contributed by atoms with van der Waals surface area (Å²) in [6.45, 7) is 4.68. The molecule has 1 heterocycles. The smallest absolute Gasteiger partial charge is 0.178 e. The van der Waals surface area contributed by atoms with Gasteiger partial charge in [-0.15, -0.1) is 0 Å². The van der Waals surface area contributed by atoms with Gasteiger partial charge in [0.1, 0.15) is 0 Å². The molecule has 0 saturated heterocycles. The Morgan fingerprint density at radius 3 is 2.89 bits per heavy atom. The summed E-state index contributed by atoms with van der Waals surface area (Å²) >= 11 is 9.07. The molecule has 1 aromatic carbocycles. The number of rotatable bonds is 2. The van der Waals surface area contributed by atoms with E-state index in [4.69, 9.17) is 12.2 Å². The summed E-state index contributed by atoms with van der Waals surface area (Å²) in [5.74, 6) is 1.55. The van der Waals surface area contributed by atoms with Gasteiger partial charge in [0, 0.05) is 10.5 Å². The normalized spacial score (nSPS) is 27.2. The van der Waals surface area contributed by atoms with E-state index in [0.717, 1.165) is 20.7 Å². The van der Waals surface area contributed by atoms with Crippen molar-refractivity contribution in [1.29, 1.82) is 0 Å². The van der Waals surface area contributed by atoms with Crippen molar-refractivity contribution in [2.24, 2.45) is 11.8 Å². The van der Waals surface area contributed by atoms with Crippen molar-refractivity contribution >= 4 is 39.2 Å². The van der Waals surface area contributed by atoms with E-state index in [1.165, 1.54) is 24.8 Å². The predicted molar refractivity (Wildman–Crippen MR) is 86.0 cm³/mol. The summed E-state index contributed by atoms with van der Waals surface area (Å²) in [5.41, 5.74) is 2.37. The first-order valence-corrected chi connectivity index (χ1v) is 8.21. The van der Waals surface area contributed by atoms with E-state index >= 15 is 0 Å². The molecule has 2 nitrogen and oxygen atoms in total. The summed E-state index contributed by atoms with van der Waals surface area (Å²) in [6.07, 6.45) is 3.85. The van der Waals surface area contributed by atoms with Crippen LogP contribution in [-0.4, -0.2) is 9.55 Å². The number of H-pyrrole nitrogens is 1. The van der Waals surface area contributed by atoms with E-state index < -0.39 is 0 Å².